The lowest BCUT2D eigenvalue weighted by molar-refractivity contribution is -0.148. The van der Waals surface area contributed by atoms with E-state index in [0.29, 0.717) is 6.42 Å². The summed E-state index contributed by atoms with van der Waals surface area (Å²) in [7, 11) is 0. The van der Waals surface area contributed by atoms with Gasteiger partial charge in [0.05, 0.1) is 12.2 Å². The summed E-state index contributed by atoms with van der Waals surface area (Å²) in [4.78, 5) is 21.1. The highest BCUT2D eigenvalue weighted by Gasteiger charge is 2.13. The zero-order chi connectivity index (χ0) is 18.3. The number of esters is 2. The second kappa shape index (κ2) is 52.7. The molecule has 0 spiro atoms. The molecule has 0 rings (SSSR count). The Hall–Kier alpha value is -1.10. The minimum absolute atomic E-state index is 0. The van der Waals surface area contributed by atoms with E-state index in [2.05, 4.69) is 13.8 Å². The van der Waals surface area contributed by atoms with Gasteiger partial charge in [0.15, 0.2) is 0 Å². The van der Waals surface area contributed by atoms with Gasteiger partial charge in [0.1, 0.15) is 6.10 Å². The standard InChI is InChI=1S/C10H20O3.C8H16O2.10CH4/c1-4-5-6-10(7-8(2)11)13-9(3)12;1-4-5-6-7(2)10-8(3)9;;;;;;;;;;/h8,10-11H,4-7H2,1-3H3;7H,4-6H2,1-3H3;10*1H4. The Labute approximate surface area is 215 Å². The zero-order valence-electron chi connectivity index (χ0n) is 15.8. The quantitative estimate of drug-likeness (QED) is 0.307. The van der Waals surface area contributed by atoms with Crippen molar-refractivity contribution in [2.75, 3.05) is 0 Å². The Morgan fingerprint density at radius 1 is 0.667 bits per heavy atom. The summed E-state index contributed by atoms with van der Waals surface area (Å²) in [5.41, 5.74) is 0. The molecule has 0 amide bonds. The molecule has 0 heterocycles. The molecule has 0 saturated heterocycles. The van der Waals surface area contributed by atoms with Crippen LogP contribution in [-0.2, 0) is 19.1 Å². The van der Waals surface area contributed by atoms with Gasteiger partial charge in [-0.05, 0) is 26.7 Å². The average Bonchev–Trinajstić information content (AvgIpc) is 2.41. The Kier molecular flexibility index (Phi) is 123. The van der Waals surface area contributed by atoms with E-state index in [4.69, 9.17) is 14.6 Å². The molecule has 0 aromatic rings. The molecular formula is C28H76O5. The van der Waals surface area contributed by atoms with Crippen LogP contribution in [0, 0.1) is 0 Å². The summed E-state index contributed by atoms with van der Waals surface area (Å²) >= 11 is 0. The first-order chi connectivity index (χ1) is 10.7. The highest BCUT2D eigenvalue weighted by molar-refractivity contribution is 5.66. The van der Waals surface area contributed by atoms with Gasteiger partial charge < -0.3 is 14.6 Å². The van der Waals surface area contributed by atoms with Gasteiger partial charge in [-0.1, -0.05) is 114 Å². The predicted octanol–water partition coefficient (Wildman–Crippen LogP) is 10.4. The van der Waals surface area contributed by atoms with E-state index in [1.807, 2.05) is 6.92 Å². The fourth-order valence-corrected chi connectivity index (χ4v) is 2.11. The molecule has 0 radical (unpaired) electrons. The maximum Gasteiger partial charge on any atom is 0.302 e. The van der Waals surface area contributed by atoms with Crippen molar-refractivity contribution in [3.63, 3.8) is 0 Å². The summed E-state index contributed by atoms with van der Waals surface area (Å²) in [5.74, 6) is -0.439. The van der Waals surface area contributed by atoms with Crippen molar-refractivity contribution in [3.8, 4) is 0 Å². The number of hydrogen-bond acceptors (Lipinski definition) is 5. The molecule has 218 valence electrons. The number of carbonyl (C=O) groups excluding carboxylic acids is 2. The normalized spacial score (nSPS) is 9.79. The van der Waals surface area contributed by atoms with E-state index in [9.17, 15) is 9.59 Å². The first kappa shape index (κ1) is 76.9. The Bertz CT molecular complexity index is 305. The van der Waals surface area contributed by atoms with E-state index in [1.165, 1.54) is 13.8 Å². The van der Waals surface area contributed by atoms with E-state index < -0.39 is 6.10 Å². The minimum Gasteiger partial charge on any atom is -0.463 e. The number of ether oxygens (including phenoxy) is 2. The molecule has 0 aliphatic heterocycles. The molecule has 0 saturated carbocycles. The number of unbranched alkanes of at least 4 members (excludes halogenated alkanes) is 2. The molecule has 0 aliphatic rings. The zero-order valence-corrected chi connectivity index (χ0v) is 15.8. The van der Waals surface area contributed by atoms with E-state index in [0.717, 1.165) is 38.5 Å². The number of aliphatic hydroxyl groups excluding tert-OH is 1. The molecule has 3 atom stereocenters. The predicted molar refractivity (Wildman–Crippen MR) is 159 cm³/mol. The van der Waals surface area contributed by atoms with E-state index >= 15 is 0 Å². The third kappa shape index (κ3) is 72.2. The molecule has 1 N–H and O–H groups in total. The molecule has 0 aliphatic carbocycles. The van der Waals surface area contributed by atoms with Crippen LogP contribution in [0.15, 0.2) is 0 Å². The molecule has 0 fully saturated rings. The SMILES string of the molecule is C.C.C.C.C.C.C.C.C.C.CCCCC(C)OC(C)=O.CCCCC(CC(C)O)OC(C)=O. The molecular weight excluding hydrogens is 416 g/mol. The highest BCUT2D eigenvalue weighted by Crippen LogP contribution is 2.11. The number of rotatable bonds is 10. The van der Waals surface area contributed by atoms with Gasteiger partial charge in [0.2, 0.25) is 0 Å². The van der Waals surface area contributed by atoms with Gasteiger partial charge in [-0.2, -0.15) is 0 Å². The van der Waals surface area contributed by atoms with Crippen LogP contribution in [-0.4, -0.2) is 35.4 Å². The first-order valence-corrected chi connectivity index (χ1v) is 8.75. The summed E-state index contributed by atoms with van der Waals surface area (Å²) in [6.45, 7) is 10.7. The first-order valence-electron chi connectivity index (χ1n) is 8.75. The maximum atomic E-state index is 10.7. The van der Waals surface area contributed by atoms with Gasteiger partial charge in [0.25, 0.3) is 0 Å². The second-order valence-electron chi connectivity index (χ2n) is 6.02. The molecule has 5 heteroatoms. The van der Waals surface area contributed by atoms with Gasteiger partial charge in [-0.25, -0.2) is 0 Å². The van der Waals surface area contributed by atoms with Gasteiger partial charge in [-0.15, -0.1) is 0 Å². The van der Waals surface area contributed by atoms with Crippen LogP contribution in [0.4, 0.5) is 0 Å². The monoisotopic (exact) mass is 493 g/mol. The number of aliphatic hydroxyl groups is 1. The second-order valence-corrected chi connectivity index (χ2v) is 6.02. The number of carbonyl (C=O) groups is 2. The van der Waals surface area contributed by atoms with Crippen LogP contribution in [0.25, 0.3) is 0 Å². The van der Waals surface area contributed by atoms with Crippen molar-refractivity contribution in [3.05, 3.63) is 0 Å². The Morgan fingerprint density at radius 3 is 1.27 bits per heavy atom. The van der Waals surface area contributed by atoms with Crippen LogP contribution < -0.4 is 0 Å². The van der Waals surface area contributed by atoms with Gasteiger partial charge >= 0.3 is 11.9 Å². The lowest BCUT2D eigenvalue weighted by atomic mass is 10.1. The third-order valence-electron chi connectivity index (χ3n) is 3.15. The molecule has 0 aromatic heterocycles. The lowest BCUT2D eigenvalue weighted by Crippen LogP contribution is -2.21. The summed E-state index contributed by atoms with van der Waals surface area (Å²) < 4.78 is 9.98. The molecule has 5 nitrogen and oxygen atoms in total. The van der Waals surface area contributed by atoms with Gasteiger partial charge in [0, 0.05) is 20.3 Å². The van der Waals surface area contributed by atoms with Crippen LogP contribution in [0.1, 0.15) is 161 Å². The summed E-state index contributed by atoms with van der Waals surface area (Å²) in [5, 5.41) is 9.14. The molecule has 33 heavy (non-hydrogen) atoms. The number of hydrogen-bond donors (Lipinski definition) is 1. The van der Waals surface area contributed by atoms with Crippen LogP contribution in [0.2, 0.25) is 0 Å². The average molecular weight is 493 g/mol. The van der Waals surface area contributed by atoms with Crippen LogP contribution >= 0.6 is 0 Å². The minimum atomic E-state index is -0.402. The molecule has 0 aromatic carbocycles. The summed E-state index contributed by atoms with van der Waals surface area (Å²) in [6.07, 6.45) is 6.36. The van der Waals surface area contributed by atoms with E-state index in [1.54, 1.807) is 6.92 Å². The Morgan fingerprint density at radius 2 is 1.00 bits per heavy atom. The molecule has 0 bridgehead atoms. The van der Waals surface area contributed by atoms with Crippen LogP contribution in [0.3, 0.4) is 0 Å². The van der Waals surface area contributed by atoms with Crippen molar-refractivity contribution < 1.29 is 24.2 Å². The Balaban J connectivity index is -0.0000000208. The third-order valence-corrected chi connectivity index (χ3v) is 3.15. The van der Waals surface area contributed by atoms with Crippen molar-refractivity contribution in [1.82, 2.24) is 0 Å². The molecule has 3 unspecified atom stereocenters. The van der Waals surface area contributed by atoms with Crippen molar-refractivity contribution in [1.29, 1.82) is 0 Å². The van der Waals surface area contributed by atoms with Crippen LogP contribution in [0.5, 0.6) is 0 Å². The lowest BCUT2D eigenvalue weighted by Gasteiger charge is -2.17. The maximum absolute atomic E-state index is 10.7. The fourth-order valence-electron chi connectivity index (χ4n) is 2.11. The largest absolute Gasteiger partial charge is 0.463 e. The van der Waals surface area contributed by atoms with Crippen molar-refractivity contribution in [2.24, 2.45) is 0 Å². The van der Waals surface area contributed by atoms with Gasteiger partial charge in [-0.3, -0.25) is 9.59 Å². The topological polar surface area (TPSA) is 72.8 Å². The smallest absolute Gasteiger partial charge is 0.302 e. The highest BCUT2D eigenvalue weighted by atomic mass is 16.5. The van der Waals surface area contributed by atoms with Crippen molar-refractivity contribution >= 4 is 11.9 Å². The van der Waals surface area contributed by atoms with Crippen molar-refractivity contribution in [2.45, 2.75) is 179 Å². The summed E-state index contributed by atoms with van der Waals surface area (Å²) in [6, 6.07) is 0. The fraction of sp³-hybridized carbons (Fsp3) is 0.929. The van der Waals surface area contributed by atoms with E-state index in [-0.39, 0.29) is 98.4 Å².